The molecule has 9 N–H and O–H groups in total. The highest BCUT2D eigenvalue weighted by Crippen LogP contribution is 2.33. The molecule has 0 aromatic heterocycles. The summed E-state index contributed by atoms with van der Waals surface area (Å²) in [5.74, 6) is -0.517. The van der Waals surface area contributed by atoms with Crippen LogP contribution in [0.25, 0.3) is 0 Å². The molecule has 3 rings (SSSR count). The smallest absolute Gasteiger partial charge is 0.239 e. The highest BCUT2D eigenvalue weighted by Gasteiger charge is 2.53. The van der Waals surface area contributed by atoms with Gasteiger partial charge in [0.1, 0.15) is 61.0 Å². The van der Waals surface area contributed by atoms with Crippen LogP contribution >= 0.6 is 0 Å². The van der Waals surface area contributed by atoms with E-state index in [9.17, 15) is 50.4 Å². The molecule has 0 aromatic rings. The lowest BCUT2D eigenvalue weighted by atomic mass is 9.96. The van der Waals surface area contributed by atoms with E-state index in [0.29, 0.717) is 13.0 Å². The Kier molecular flexibility index (Phi) is 37.4. The van der Waals surface area contributed by atoms with E-state index in [1.807, 2.05) is 0 Å². The molecule has 0 aromatic carbocycles. The van der Waals surface area contributed by atoms with Crippen LogP contribution in [0.2, 0.25) is 0 Å². The fourth-order valence-corrected chi connectivity index (χ4v) is 10.6. The van der Waals surface area contributed by atoms with Gasteiger partial charge in [-0.05, 0) is 26.7 Å². The molecule has 448 valence electrons. The molecule has 15 atom stereocenters. The zero-order valence-corrected chi connectivity index (χ0v) is 47.6. The van der Waals surface area contributed by atoms with Crippen molar-refractivity contribution in [2.45, 2.75) is 325 Å². The first-order valence-electron chi connectivity index (χ1n) is 30.6. The van der Waals surface area contributed by atoms with E-state index in [1.165, 1.54) is 173 Å². The van der Waals surface area contributed by atoms with Crippen LogP contribution in [0.5, 0.6) is 0 Å². The lowest BCUT2D eigenvalue weighted by Gasteiger charge is -2.48. The van der Waals surface area contributed by atoms with Crippen LogP contribution < -0.4 is 5.32 Å². The van der Waals surface area contributed by atoms with Crippen molar-refractivity contribution < 1.29 is 78.9 Å². The van der Waals surface area contributed by atoms with Crippen LogP contribution in [0.1, 0.15) is 233 Å². The number of hydrogen-bond acceptors (Lipinski definition) is 16. The Balaban J connectivity index is 1.56. The summed E-state index contributed by atoms with van der Waals surface area (Å²) >= 11 is 0. The number of hydrogen-bond donors (Lipinski definition) is 9. The summed E-state index contributed by atoms with van der Waals surface area (Å²) in [4.78, 5) is 28.7. The van der Waals surface area contributed by atoms with Gasteiger partial charge in [0.05, 0.1) is 32.0 Å². The molecule has 0 saturated carbocycles. The van der Waals surface area contributed by atoms with E-state index in [4.69, 9.17) is 28.4 Å². The molecule has 2 amide bonds. The number of carbonyl (C=O) groups is 2. The summed E-state index contributed by atoms with van der Waals surface area (Å²) in [7, 11) is 0. The number of ether oxygens (including phenoxy) is 6. The second-order valence-corrected chi connectivity index (χ2v) is 22.3. The molecule has 3 saturated heterocycles. The Morgan fingerprint density at radius 2 is 0.842 bits per heavy atom. The molecule has 18 nitrogen and oxygen atoms in total. The van der Waals surface area contributed by atoms with Crippen molar-refractivity contribution in [3.63, 3.8) is 0 Å². The van der Waals surface area contributed by atoms with Gasteiger partial charge in [0.25, 0.3) is 0 Å². The van der Waals surface area contributed by atoms with Crippen LogP contribution in [-0.4, -0.2) is 183 Å². The average Bonchev–Trinajstić information content (AvgIpc) is 3.41. The third-order valence-electron chi connectivity index (χ3n) is 15.7. The highest BCUT2D eigenvalue weighted by molar-refractivity contribution is 5.84. The van der Waals surface area contributed by atoms with Gasteiger partial charge in [0.15, 0.2) is 18.9 Å². The van der Waals surface area contributed by atoms with Crippen molar-refractivity contribution in [1.82, 2.24) is 10.2 Å². The highest BCUT2D eigenvalue weighted by atomic mass is 16.8. The Morgan fingerprint density at radius 3 is 1.25 bits per heavy atom. The minimum atomic E-state index is -1.79. The van der Waals surface area contributed by atoms with Gasteiger partial charge < -0.3 is 79.5 Å². The van der Waals surface area contributed by atoms with Crippen molar-refractivity contribution in [2.75, 3.05) is 32.8 Å². The third-order valence-corrected chi connectivity index (χ3v) is 15.7. The van der Waals surface area contributed by atoms with Crippen LogP contribution in [-0.2, 0) is 38.0 Å². The molecule has 3 fully saturated rings. The number of carbonyl (C=O) groups excluding carboxylic acids is 2. The van der Waals surface area contributed by atoms with Gasteiger partial charge in [0.2, 0.25) is 11.8 Å². The Labute approximate surface area is 457 Å². The molecule has 76 heavy (non-hydrogen) atoms. The zero-order chi connectivity index (χ0) is 55.5. The standard InChI is InChI=1S/C58H110N2O16/c1-5-7-9-11-13-15-17-19-21-23-25-27-29-31-33-35-37-59-45(62)40-60(46(63)36-34-32-30-28-26-24-22-20-18-16-14-12-10-8-6-2)38-39-71-58-55(76-57-52(69)50(67)48(65)43(4)73-57)53(70)54(44(41-61)74-58)75-56-51(68)49(66)47(64)42(3)72-56/h42-44,47-58,61,64-70H,5-41H2,1-4H3,(H,59,62)/t42-,43-,44+,47-,48-,49+,50+,51+,52+,53-,54+,55+,56-,57-,58+/m0/s1. The molecule has 0 bridgehead atoms. The molecular formula is C58H110N2O16. The number of amides is 2. The average molecular weight is 1090 g/mol. The zero-order valence-electron chi connectivity index (χ0n) is 47.6. The lowest BCUT2D eigenvalue weighted by molar-refractivity contribution is -0.384. The number of nitrogens with one attached hydrogen (secondary N) is 1. The molecule has 3 heterocycles. The maximum atomic E-state index is 13.8. The summed E-state index contributed by atoms with van der Waals surface area (Å²) in [6.45, 7) is 6.67. The number of rotatable bonds is 44. The molecule has 0 aliphatic carbocycles. The summed E-state index contributed by atoms with van der Waals surface area (Å²) < 4.78 is 35.5. The van der Waals surface area contributed by atoms with Gasteiger partial charge in [-0.2, -0.15) is 0 Å². The van der Waals surface area contributed by atoms with Gasteiger partial charge in [-0.3, -0.25) is 9.59 Å². The van der Waals surface area contributed by atoms with Crippen molar-refractivity contribution >= 4 is 11.8 Å². The maximum Gasteiger partial charge on any atom is 0.239 e. The van der Waals surface area contributed by atoms with Crippen LogP contribution in [0.4, 0.5) is 0 Å². The van der Waals surface area contributed by atoms with Crippen molar-refractivity contribution in [3.05, 3.63) is 0 Å². The largest absolute Gasteiger partial charge is 0.394 e. The minimum absolute atomic E-state index is 0.0544. The molecule has 18 heteroatoms. The minimum Gasteiger partial charge on any atom is -0.394 e. The predicted molar refractivity (Wildman–Crippen MR) is 291 cm³/mol. The normalized spacial score (nSPS) is 29.9. The van der Waals surface area contributed by atoms with E-state index in [0.717, 1.165) is 38.5 Å². The monoisotopic (exact) mass is 1090 g/mol. The van der Waals surface area contributed by atoms with E-state index in [2.05, 4.69) is 19.2 Å². The maximum absolute atomic E-state index is 13.8. The summed E-state index contributed by atoms with van der Waals surface area (Å²) in [6, 6.07) is 0. The number of aliphatic hydroxyl groups excluding tert-OH is 8. The molecular weight excluding hydrogens is 981 g/mol. The van der Waals surface area contributed by atoms with E-state index in [-0.39, 0.29) is 37.9 Å². The van der Waals surface area contributed by atoms with Crippen LogP contribution in [0.3, 0.4) is 0 Å². The van der Waals surface area contributed by atoms with E-state index >= 15 is 0 Å². The van der Waals surface area contributed by atoms with E-state index < -0.39 is 98.7 Å². The van der Waals surface area contributed by atoms with Gasteiger partial charge >= 0.3 is 0 Å². The molecule has 0 radical (unpaired) electrons. The van der Waals surface area contributed by atoms with Gasteiger partial charge in [-0.15, -0.1) is 0 Å². The third kappa shape index (κ3) is 26.3. The second-order valence-electron chi connectivity index (χ2n) is 22.3. The van der Waals surface area contributed by atoms with Crippen molar-refractivity contribution in [3.8, 4) is 0 Å². The number of nitrogens with zero attached hydrogens (tertiary/aromatic N) is 1. The van der Waals surface area contributed by atoms with Crippen molar-refractivity contribution in [1.29, 1.82) is 0 Å². The van der Waals surface area contributed by atoms with Crippen LogP contribution in [0.15, 0.2) is 0 Å². The summed E-state index contributed by atoms with van der Waals surface area (Å²) in [5.41, 5.74) is 0. The SMILES string of the molecule is CCCCCCCCCCCCCCCCCCNC(=O)CN(CCO[C@@H]1O[C@H](CO)[C@@H](O[C@@H]2O[C@@H](C)[C@H](O)[C@@H](O)[C@H]2O)[C@H](O)[C@H]1O[C@@H]1O[C@@H](C)[C@H](O)[C@@H](O)[C@H]1O)C(=O)CCCCCCCCCCCCCCCCC. The summed E-state index contributed by atoms with van der Waals surface area (Å²) in [5, 5.41) is 88.6. The topological polar surface area (TPSA) is 267 Å². The first-order chi connectivity index (χ1) is 36.7. The molecule has 0 unspecified atom stereocenters. The Bertz CT molecular complexity index is 1450. The quantitative estimate of drug-likeness (QED) is 0.0279. The summed E-state index contributed by atoms with van der Waals surface area (Å²) in [6.07, 6.45) is 15.4. The van der Waals surface area contributed by atoms with Gasteiger partial charge in [-0.25, -0.2) is 0 Å². The fourth-order valence-electron chi connectivity index (χ4n) is 10.6. The number of unbranched alkanes of at least 4 members (excludes halogenated alkanes) is 29. The molecule has 3 aliphatic rings. The predicted octanol–water partition coefficient (Wildman–Crippen LogP) is 6.97. The van der Waals surface area contributed by atoms with Crippen LogP contribution in [0, 0.1) is 0 Å². The molecule has 0 spiro atoms. The number of aliphatic hydroxyl groups is 8. The lowest BCUT2D eigenvalue weighted by Crippen LogP contribution is -2.66. The Morgan fingerprint density at radius 1 is 0.461 bits per heavy atom. The van der Waals surface area contributed by atoms with Gasteiger partial charge in [-0.1, -0.05) is 200 Å². The second kappa shape index (κ2) is 41.4. The fraction of sp³-hybridized carbons (Fsp3) is 0.966. The first kappa shape index (κ1) is 68.7. The molecule has 3 aliphatic heterocycles. The van der Waals surface area contributed by atoms with Gasteiger partial charge in [0, 0.05) is 19.5 Å². The first-order valence-corrected chi connectivity index (χ1v) is 30.6. The van der Waals surface area contributed by atoms with Crippen molar-refractivity contribution in [2.24, 2.45) is 0 Å². The Hall–Kier alpha value is -1.62. The van der Waals surface area contributed by atoms with E-state index in [1.54, 1.807) is 0 Å².